The van der Waals surface area contributed by atoms with E-state index < -0.39 is 10.7 Å². The molecule has 1 aliphatic carbocycles. The normalized spacial score (nSPS) is 22.3. The molecule has 0 aromatic heterocycles. The molecule has 126 valence electrons. The molecular formula is C19H26O3S. The van der Waals surface area contributed by atoms with Crippen LogP contribution in [0.5, 0.6) is 0 Å². The smallest absolute Gasteiger partial charge is 0.168 e. The zero-order chi connectivity index (χ0) is 16.7. The molecule has 0 bridgehead atoms. The molecule has 1 aromatic rings. The van der Waals surface area contributed by atoms with Gasteiger partial charge < -0.3 is 0 Å². The van der Waals surface area contributed by atoms with Gasteiger partial charge in [0.15, 0.2) is 16.5 Å². The third-order valence-electron chi connectivity index (χ3n) is 4.76. The van der Waals surface area contributed by atoms with Crippen molar-refractivity contribution in [3.05, 3.63) is 42.0 Å². The molecule has 1 aliphatic rings. The minimum absolute atomic E-state index is 0.120. The lowest BCUT2D eigenvalue weighted by Crippen LogP contribution is -2.00. The van der Waals surface area contributed by atoms with Gasteiger partial charge in [-0.2, -0.15) is 0 Å². The van der Waals surface area contributed by atoms with Crippen LogP contribution < -0.4 is 0 Å². The number of hydrogen-bond donors (Lipinski definition) is 1. The molecule has 0 amide bonds. The summed E-state index contributed by atoms with van der Waals surface area (Å²) < 4.78 is 21.9. The van der Waals surface area contributed by atoms with E-state index in [1.165, 1.54) is 37.7 Å². The Hall–Kier alpha value is -1.42. The van der Waals surface area contributed by atoms with Gasteiger partial charge in [-0.1, -0.05) is 31.1 Å². The first-order valence-corrected chi connectivity index (χ1v) is 9.65. The summed E-state index contributed by atoms with van der Waals surface area (Å²) in [7, 11) is -2.48. The van der Waals surface area contributed by atoms with E-state index in [0.29, 0.717) is 10.8 Å². The van der Waals surface area contributed by atoms with Crippen molar-refractivity contribution in [2.75, 3.05) is 0 Å². The van der Waals surface area contributed by atoms with E-state index in [2.05, 4.69) is 0 Å². The lowest BCUT2D eigenvalue weighted by atomic mass is 9.90. The maximum Gasteiger partial charge on any atom is 0.168 e. The van der Waals surface area contributed by atoms with Crippen molar-refractivity contribution in [1.82, 2.24) is 0 Å². The fourth-order valence-electron chi connectivity index (χ4n) is 3.45. The fourth-order valence-corrected chi connectivity index (χ4v) is 3.84. The largest absolute Gasteiger partial charge is 0.295 e. The number of carbonyl (C=O) groups is 1. The third kappa shape index (κ3) is 5.94. The number of hydrogen-bond acceptors (Lipinski definition) is 3. The SMILES string of the molecule is CC(=O)/C=C/CCC1CCCC(c2ccc([SH](=O)=O)cc2)CC1. The number of carbonyl (C=O) groups excluding carboxylic acids is 1. The lowest BCUT2D eigenvalue weighted by Gasteiger charge is -2.15. The Kier molecular flexibility index (Phi) is 7.03. The van der Waals surface area contributed by atoms with Crippen molar-refractivity contribution >= 4 is 16.5 Å². The van der Waals surface area contributed by atoms with Crippen molar-refractivity contribution in [2.24, 2.45) is 5.92 Å². The van der Waals surface area contributed by atoms with Crippen LogP contribution in [0.4, 0.5) is 0 Å². The van der Waals surface area contributed by atoms with Gasteiger partial charge in [-0.25, -0.2) is 8.42 Å². The Labute approximate surface area is 140 Å². The highest BCUT2D eigenvalue weighted by molar-refractivity contribution is 7.72. The van der Waals surface area contributed by atoms with E-state index in [4.69, 9.17) is 0 Å². The summed E-state index contributed by atoms with van der Waals surface area (Å²) in [6, 6.07) is 7.38. The van der Waals surface area contributed by atoms with Crippen LogP contribution in [0, 0.1) is 5.92 Å². The molecule has 2 rings (SSSR count). The Morgan fingerprint density at radius 3 is 2.52 bits per heavy atom. The van der Waals surface area contributed by atoms with Gasteiger partial charge in [-0.05, 0) is 74.6 Å². The van der Waals surface area contributed by atoms with Gasteiger partial charge in [-0.15, -0.1) is 0 Å². The number of rotatable bonds is 6. The second-order valence-electron chi connectivity index (χ2n) is 6.51. The van der Waals surface area contributed by atoms with Crippen molar-refractivity contribution in [1.29, 1.82) is 0 Å². The van der Waals surface area contributed by atoms with E-state index in [1.807, 2.05) is 18.2 Å². The summed E-state index contributed by atoms with van der Waals surface area (Å²) in [6.45, 7) is 1.58. The average molecular weight is 334 g/mol. The summed E-state index contributed by atoms with van der Waals surface area (Å²) in [5.41, 5.74) is 1.27. The summed E-state index contributed by atoms with van der Waals surface area (Å²) in [5.74, 6) is 1.41. The predicted molar refractivity (Wildman–Crippen MR) is 93.4 cm³/mol. The predicted octanol–water partition coefficient (Wildman–Crippen LogP) is 4.25. The molecule has 23 heavy (non-hydrogen) atoms. The topological polar surface area (TPSA) is 51.2 Å². The highest BCUT2D eigenvalue weighted by Crippen LogP contribution is 2.35. The van der Waals surface area contributed by atoms with E-state index in [9.17, 15) is 13.2 Å². The molecule has 2 unspecified atom stereocenters. The molecule has 0 aliphatic heterocycles. The zero-order valence-corrected chi connectivity index (χ0v) is 14.6. The molecule has 1 aromatic carbocycles. The minimum Gasteiger partial charge on any atom is -0.295 e. The second-order valence-corrected chi connectivity index (χ2v) is 7.54. The molecule has 0 saturated heterocycles. The maximum atomic E-state index is 11.0. The van der Waals surface area contributed by atoms with Crippen LogP contribution in [0.2, 0.25) is 0 Å². The van der Waals surface area contributed by atoms with Gasteiger partial charge in [0.05, 0.1) is 4.90 Å². The Balaban J connectivity index is 1.86. The highest BCUT2D eigenvalue weighted by atomic mass is 32.2. The molecule has 0 N–H and O–H groups in total. The summed E-state index contributed by atoms with van der Waals surface area (Å²) in [4.78, 5) is 11.3. The van der Waals surface area contributed by atoms with Gasteiger partial charge in [0, 0.05) is 0 Å². The average Bonchev–Trinajstić information content (AvgIpc) is 2.77. The first kappa shape index (κ1) is 17.9. The van der Waals surface area contributed by atoms with Gasteiger partial charge in [0.25, 0.3) is 0 Å². The van der Waals surface area contributed by atoms with E-state index in [0.717, 1.165) is 18.8 Å². The van der Waals surface area contributed by atoms with E-state index >= 15 is 0 Å². The summed E-state index contributed by atoms with van der Waals surface area (Å²) >= 11 is 0. The number of thiol groups is 1. The summed E-state index contributed by atoms with van der Waals surface area (Å²) in [6.07, 6.45) is 11.9. The van der Waals surface area contributed by atoms with Gasteiger partial charge in [-0.3, -0.25) is 4.79 Å². The molecule has 0 spiro atoms. The molecule has 0 heterocycles. The number of ketones is 1. The first-order chi connectivity index (χ1) is 11.1. The monoisotopic (exact) mass is 334 g/mol. The quantitative estimate of drug-likeness (QED) is 0.481. The van der Waals surface area contributed by atoms with Gasteiger partial charge in [0.1, 0.15) is 0 Å². The van der Waals surface area contributed by atoms with Crippen LogP contribution in [0.25, 0.3) is 0 Å². The summed E-state index contributed by atoms with van der Waals surface area (Å²) in [5, 5.41) is 0. The lowest BCUT2D eigenvalue weighted by molar-refractivity contribution is -0.112. The van der Waals surface area contributed by atoms with Crippen LogP contribution in [0.15, 0.2) is 41.3 Å². The van der Waals surface area contributed by atoms with Gasteiger partial charge >= 0.3 is 0 Å². The van der Waals surface area contributed by atoms with Crippen LogP contribution >= 0.6 is 0 Å². The fraction of sp³-hybridized carbons (Fsp3) is 0.526. The number of allylic oxidation sites excluding steroid dienone is 2. The Morgan fingerprint density at radius 1 is 1.13 bits per heavy atom. The van der Waals surface area contributed by atoms with Crippen LogP contribution in [0.1, 0.15) is 63.4 Å². The minimum atomic E-state index is -2.48. The van der Waals surface area contributed by atoms with Crippen LogP contribution in [-0.4, -0.2) is 14.2 Å². The maximum absolute atomic E-state index is 11.0. The van der Waals surface area contributed by atoms with Crippen LogP contribution in [0.3, 0.4) is 0 Å². The molecule has 2 atom stereocenters. The van der Waals surface area contributed by atoms with Crippen molar-refractivity contribution in [3.8, 4) is 0 Å². The van der Waals surface area contributed by atoms with Crippen molar-refractivity contribution in [3.63, 3.8) is 0 Å². The third-order valence-corrected chi connectivity index (χ3v) is 5.48. The molecular weight excluding hydrogens is 308 g/mol. The van der Waals surface area contributed by atoms with Crippen molar-refractivity contribution < 1.29 is 13.2 Å². The molecule has 1 saturated carbocycles. The van der Waals surface area contributed by atoms with Crippen molar-refractivity contribution in [2.45, 2.75) is 62.7 Å². The highest BCUT2D eigenvalue weighted by Gasteiger charge is 2.19. The molecule has 4 heteroatoms. The zero-order valence-electron chi connectivity index (χ0n) is 13.7. The Morgan fingerprint density at radius 2 is 1.87 bits per heavy atom. The second kappa shape index (κ2) is 9.02. The number of benzene rings is 1. The van der Waals surface area contributed by atoms with E-state index in [1.54, 1.807) is 25.1 Å². The molecule has 3 nitrogen and oxygen atoms in total. The molecule has 0 radical (unpaired) electrons. The molecule has 1 fully saturated rings. The van der Waals surface area contributed by atoms with Gasteiger partial charge in [0.2, 0.25) is 0 Å². The van der Waals surface area contributed by atoms with Crippen LogP contribution in [-0.2, 0) is 15.5 Å². The first-order valence-electron chi connectivity index (χ1n) is 8.47. The Bertz CT molecular complexity index is 606. The van der Waals surface area contributed by atoms with E-state index in [-0.39, 0.29) is 5.78 Å². The standard InChI is InChI=1S/C19H26O3S/c1-15(20)5-2-3-6-16-7-4-8-17(10-9-16)18-11-13-19(14-12-18)23(21)22/h2,5,11-14,16-17,23H,3-4,6-10H2,1H3/b5-2+.